The first-order chi connectivity index (χ1) is 12.1. The molecular formula is C20H26ClN2O2+. The van der Waals surface area contributed by atoms with Gasteiger partial charge in [-0.25, -0.2) is 0 Å². The van der Waals surface area contributed by atoms with Crippen molar-refractivity contribution in [2.75, 3.05) is 45.3 Å². The van der Waals surface area contributed by atoms with Crippen LogP contribution in [-0.4, -0.2) is 40.4 Å². The van der Waals surface area contributed by atoms with Crippen LogP contribution < -0.4 is 19.3 Å². The van der Waals surface area contributed by atoms with Gasteiger partial charge in [0, 0.05) is 16.3 Å². The van der Waals surface area contributed by atoms with E-state index in [9.17, 15) is 0 Å². The van der Waals surface area contributed by atoms with E-state index in [0.717, 1.165) is 49.2 Å². The molecule has 1 heterocycles. The molecule has 4 nitrogen and oxygen atoms in total. The van der Waals surface area contributed by atoms with E-state index >= 15 is 0 Å². The zero-order valence-electron chi connectivity index (χ0n) is 15.1. The highest BCUT2D eigenvalue weighted by Crippen LogP contribution is 2.30. The number of nitrogens with one attached hydrogen (secondary N) is 1. The van der Waals surface area contributed by atoms with Crippen LogP contribution in [-0.2, 0) is 6.54 Å². The largest absolute Gasteiger partial charge is 0.493 e. The van der Waals surface area contributed by atoms with Crippen molar-refractivity contribution >= 4 is 17.3 Å². The molecule has 0 amide bonds. The van der Waals surface area contributed by atoms with Crippen LogP contribution in [0.3, 0.4) is 0 Å². The smallest absolute Gasteiger partial charge is 0.161 e. The number of hydrogen-bond donors (Lipinski definition) is 1. The maximum atomic E-state index is 6.12. The number of ether oxygens (including phenoxy) is 2. The first-order valence-electron chi connectivity index (χ1n) is 8.66. The van der Waals surface area contributed by atoms with Gasteiger partial charge >= 0.3 is 0 Å². The van der Waals surface area contributed by atoms with Gasteiger partial charge in [0.1, 0.15) is 6.54 Å². The monoisotopic (exact) mass is 361 g/mol. The zero-order valence-corrected chi connectivity index (χ0v) is 15.9. The molecule has 1 saturated heterocycles. The summed E-state index contributed by atoms with van der Waals surface area (Å²) in [6, 6.07) is 12.3. The number of halogens is 1. The van der Waals surface area contributed by atoms with Crippen LogP contribution in [0.4, 0.5) is 5.69 Å². The Hall–Kier alpha value is -1.91. The molecule has 0 saturated carbocycles. The van der Waals surface area contributed by atoms with E-state index in [1.165, 1.54) is 16.8 Å². The van der Waals surface area contributed by atoms with Gasteiger partial charge in [0.2, 0.25) is 0 Å². The number of benzene rings is 2. The fourth-order valence-electron chi connectivity index (χ4n) is 3.41. The average Bonchev–Trinajstić information content (AvgIpc) is 2.63. The predicted octanol–water partition coefficient (Wildman–Crippen LogP) is 2.57. The summed E-state index contributed by atoms with van der Waals surface area (Å²) in [5, 5.41) is 0.799. The normalized spacial score (nSPS) is 15.3. The molecule has 0 unspecified atom stereocenters. The standard InChI is InChI=1S/C20H25ClN2O2/c1-15-11-19(24-2)20(25-3)12-16(15)14-22-7-9-23(10-8-22)18-6-4-5-17(21)13-18/h4-6,11-13H,7-10,14H2,1-3H3/p+1. The SMILES string of the molecule is COc1cc(C)c(C[NH+]2CCN(c3cccc(Cl)c3)CC2)cc1OC. The Morgan fingerprint density at radius 2 is 1.72 bits per heavy atom. The Morgan fingerprint density at radius 3 is 2.36 bits per heavy atom. The Kier molecular flexibility index (Phi) is 5.71. The molecule has 25 heavy (non-hydrogen) atoms. The molecule has 1 aliphatic rings. The highest BCUT2D eigenvalue weighted by atomic mass is 35.5. The van der Waals surface area contributed by atoms with Gasteiger partial charge in [0.15, 0.2) is 11.5 Å². The Morgan fingerprint density at radius 1 is 1.04 bits per heavy atom. The van der Waals surface area contributed by atoms with Crippen molar-refractivity contribution in [1.82, 2.24) is 0 Å². The minimum absolute atomic E-state index is 0.796. The molecule has 2 aromatic rings. The molecular weight excluding hydrogens is 336 g/mol. The summed E-state index contributed by atoms with van der Waals surface area (Å²) in [6.07, 6.45) is 0. The second-order valence-corrected chi connectivity index (χ2v) is 6.96. The van der Waals surface area contributed by atoms with Crippen molar-refractivity contribution < 1.29 is 14.4 Å². The third-order valence-corrected chi connectivity index (χ3v) is 5.16. The maximum Gasteiger partial charge on any atom is 0.161 e. The van der Waals surface area contributed by atoms with Crippen LogP contribution in [0.2, 0.25) is 5.02 Å². The van der Waals surface area contributed by atoms with Crippen molar-refractivity contribution in [1.29, 1.82) is 0 Å². The first-order valence-corrected chi connectivity index (χ1v) is 9.04. The van der Waals surface area contributed by atoms with Crippen molar-refractivity contribution in [3.8, 4) is 11.5 Å². The summed E-state index contributed by atoms with van der Waals surface area (Å²) in [5.74, 6) is 1.60. The van der Waals surface area contributed by atoms with Crippen LogP contribution in [0.5, 0.6) is 11.5 Å². The molecule has 0 atom stereocenters. The second kappa shape index (κ2) is 7.98. The number of methoxy groups -OCH3 is 2. The number of piperazine rings is 1. The predicted molar refractivity (Wildman–Crippen MR) is 102 cm³/mol. The van der Waals surface area contributed by atoms with Crippen LogP contribution in [0.1, 0.15) is 11.1 Å². The number of nitrogens with zero attached hydrogens (tertiary/aromatic N) is 1. The lowest BCUT2D eigenvalue weighted by Crippen LogP contribution is -3.13. The number of anilines is 1. The average molecular weight is 362 g/mol. The van der Waals surface area contributed by atoms with Crippen LogP contribution in [0.15, 0.2) is 36.4 Å². The summed E-state index contributed by atoms with van der Waals surface area (Å²) in [7, 11) is 3.37. The molecule has 3 rings (SSSR count). The number of aryl methyl sites for hydroxylation is 1. The van der Waals surface area contributed by atoms with Gasteiger partial charge in [-0.05, 0) is 42.8 Å². The molecule has 0 aromatic heterocycles. The van der Waals surface area contributed by atoms with E-state index in [0.29, 0.717) is 0 Å². The molecule has 0 bridgehead atoms. The third kappa shape index (κ3) is 4.20. The highest BCUT2D eigenvalue weighted by molar-refractivity contribution is 6.30. The molecule has 134 valence electrons. The summed E-state index contributed by atoms with van der Waals surface area (Å²) in [6.45, 7) is 7.46. The number of hydrogen-bond acceptors (Lipinski definition) is 3. The molecule has 1 N–H and O–H groups in total. The Bertz CT molecular complexity index is 728. The van der Waals surface area contributed by atoms with E-state index in [1.54, 1.807) is 19.1 Å². The van der Waals surface area contributed by atoms with Gasteiger partial charge < -0.3 is 19.3 Å². The van der Waals surface area contributed by atoms with Gasteiger partial charge in [0.25, 0.3) is 0 Å². The topological polar surface area (TPSA) is 26.1 Å². The fourth-order valence-corrected chi connectivity index (χ4v) is 3.60. The van der Waals surface area contributed by atoms with E-state index < -0.39 is 0 Å². The molecule has 0 aliphatic carbocycles. The van der Waals surface area contributed by atoms with Crippen molar-refractivity contribution in [2.24, 2.45) is 0 Å². The van der Waals surface area contributed by atoms with Gasteiger partial charge in [-0.3, -0.25) is 0 Å². The van der Waals surface area contributed by atoms with Crippen LogP contribution in [0, 0.1) is 6.92 Å². The van der Waals surface area contributed by atoms with Gasteiger partial charge in [-0.2, -0.15) is 0 Å². The molecule has 5 heteroatoms. The van der Waals surface area contributed by atoms with Crippen LogP contribution in [0.25, 0.3) is 0 Å². The Labute approximate surface area is 154 Å². The second-order valence-electron chi connectivity index (χ2n) is 6.53. The summed E-state index contributed by atoms with van der Waals surface area (Å²) in [4.78, 5) is 4.00. The molecule has 1 aliphatic heterocycles. The van der Waals surface area contributed by atoms with Crippen LogP contribution >= 0.6 is 11.6 Å². The number of quaternary nitrogens is 1. The summed E-state index contributed by atoms with van der Waals surface area (Å²) in [5.41, 5.74) is 3.79. The van der Waals surface area contributed by atoms with Gasteiger partial charge in [0.05, 0.1) is 40.4 Å². The first kappa shape index (κ1) is 17.9. The van der Waals surface area contributed by atoms with Gasteiger partial charge in [-0.15, -0.1) is 0 Å². The molecule has 2 aromatic carbocycles. The molecule has 0 spiro atoms. The van der Waals surface area contributed by atoms with E-state index in [2.05, 4.69) is 30.0 Å². The lowest BCUT2D eigenvalue weighted by Gasteiger charge is -2.34. The third-order valence-electron chi connectivity index (χ3n) is 4.93. The minimum atomic E-state index is 0.796. The Balaban J connectivity index is 1.64. The quantitative estimate of drug-likeness (QED) is 0.886. The maximum absolute atomic E-state index is 6.12. The van der Waals surface area contributed by atoms with Crippen molar-refractivity contribution in [2.45, 2.75) is 13.5 Å². The summed E-state index contributed by atoms with van der Waals surface area (Å²) < 4.78 is 10.8. The summed E-state index contributed by atoms with van der Waals surface area (Å²) >= 11 is 6.12. The lowest BCUT2D eigenvalue weighted by molar-refractivity contribution is -0.914. The van der Waals surface area contributed by atoms with Crippen molar-refractivity contribution in [3.05, 3.63) is 52.5 Å². The molecule has 0 radical (unpaired) electrons. The van der Waals surface area contributed by atoms with Crippen molar-refractivity contribution in [3.63, 3.8) is 0 Å². The van der Waals surface area contributed by atoms with E-state index in [4.69, 9.17) is 21.1 Å². The zero-order chi connectivity index (χ0) is 17.8. The van der Waals surface area contributed by atoms with Gasteiger partial charge in [-0.1, -0.05) is 17.7 Å². The lowest BCUT2D eigenvalue weighted by atomic mass is 10.1. The van der Waals surface area contributed by atoms with E-state index in [1.807, 2.05) is 18.2 Å². The number of rotatable bonds is 5. The highest BCUT2D eigenvalue weighted by Gasteiger charge is 2.22. The molecule has 1 fully saturated rings. The minimum Gasteiger partial charge on any atom is -0.493 e. The van der Waals surface area contributed by atoms with E-state index in [-0.39, 0.29) is 0 Å². The fraction of sp³-hybridized carbons (Fsp3) is 0.400.